The highest BCUT2D eigenvalue weighted by Crippen LogP contribution is 2.38. The Morgan fingerprint density at radius 1 is 1.24 bits per heavy atom. The van der Waals surface area contributed by atoms with E-state index in [1.165, 1.54) is 0 Å². The van der Waals surface area contributed by atoms with E-state index in [2.05, 4.69) is 5.32 Å². The number of piperidine rings is 1. The summed E-state index contributed by atoms with van der Waals surface area (Å²) in [6, 6.07) is 0. The SMILES string of the molecule is O=C(C1CCS(=O)(=O)CC1)N1CC[C@]2(CCCNC2=O)C1. The van der Waals surface area contributed by atoms with E-state index in [1.807, 2.05) is 0 Å². The van der Waals surface area contributed by atoms with Crippen LogP contribution in [0.5, 0.6) is 0 Å². The molecule has 1 spiro atoms. The number of carbonyl (C=O) groups is 2. The number of likely N-dealkylation sites (tertiary alicyclic amines) is 1. The number of sulfone groups is 1. The summed E-state index contributed by atoms with van der Waals surface area (Å²) in [6.45, 7) is 1.85. The molecule has 0 aromatic carbocycles. The van der Waals surface area contributed by atoms with Crippen LogP contribution in [0, 0.1) is 11.3 Å². The second kappa shape index (κ2) is 5.26. The normalized spacial score (nSPS) is 33.1. The number of carbonyl (C=O) groups excluding carboxylic acids is 2. The summed E-state index contributed by atoms with van der Waals surface area (Å²) < 4.78 is 22.9. The second-order valence-electron chi connectivity index (χ2n) is 6.58. The zero-order chi connectivity index (χ0) is 15.1. The van der Waals surface area contributed by atoms with Gasteiger partial charge in [0.05, 0.1) is 16.9 Å². The van der Waals surface area contributed by atoms with Crippen molar-refractivity contribution in [1.82, 2.24) is 10.2 Å². The van der Waals surface area contributed by atoms with E-state index < -0.39 is 15.3 Å². The predicted molar refractivity (Wildman–Crippen MR) is 77.3 cm³/mol. The van der Waals surface area contributed by atoms with E-state index in [-0.39, 0.29) is 29.2 Å². The minimum absolute atomic E-state index is 0.0418. The van der Waals surface area contributed by atoms with Crippen molar-refractivity contribution in [3.8, 4) is 0 Å². The van der Waals surface area contributed by atoms with Gasteiger partial charge in [-0.3, -0.25) is 9.59 Å². The number of hydrogen-bond donors (Lipinski definition) is 1. The summed E-state index contributed by atoms with van der Waals surface area (Å²) in [5, 5.41) is 2.91. The Kier molecular flexibility index (Phi) is 3.71. The standard InChI is InChI=1S/C14H22N2O4S/c17-12(11-2-8-21(19,20)9-3-11)16-7-5-14(10-16)4-1-6-15-13(14)18/h11H,1-10H2,(H,15,18)/t14-/m1/s1. The zero-order valence-electron chi connectivity index (χ0n) is 12.1. The maximum Gasteiger partial charge on any atom is 0.228 e. The van der Waals surface area contributed by atoms with Crippen LogP contribution >= 0.6 is 0 Å². The minimum Gasteiger partial charge on any atom is -0.356 e. The lowest BCUT2D eigenvalue weighted by molar-refractivity contribution is -0.137. The number of amides is 2. The lowest BCUT2D eigenvalue weighted by Crippen LogP contribution is -2.48. The van der Waals surface area contributed by atoms with Crippen LogP contribution in [0.3, 0.4) is 0 Å². The molecular formula is C14H22N2O4S. The third kappa shape index (κ3) is 2.80. The van der Waals surface area contributed by atoms with E-state index in [0.717, 1.165) is 25.8 Å². The summed E-state index contributed by atoms with van der Waals surface area (Å²) in [5.41, 5.74) is -0.394. The van der Waals surface area contributed by atoms with Crippen LogP contribution in [0.1, 0.15) is 32.1 Å². The molecule has 6 nitrogen and oxygen atoms in total. The van der Waals surface area contributed by atoms with Crippen LogP contribution in [-0.4, -0.2) is 56.3 Å². The van der Waals surface area contributed by atoms with Gasteiger partial charge in [0.25, 0.3) is 0 Å². The first-order valence-corrected chi connectivity index (χ1v) is 9.52. The summed E-state index contributed by atoms with van der Waals surface area (Å²) in [6.07, 6.45) is 3.40. The van der Waals surface area contributed by atoms with Gasteiger partial charge in [-0.2, -0.15) is 0 Å². The quantitative estimate of drug-likeness (QED) is 0.735. The van der Waals surface area contributed by atoms with Crippen molar-refractivity contribution < 1.29 is 18.0 Å². The van der Waals surface area contributed by atoms with Gasteiger partial charge in [0, 0.05) is 25.6 Å². The predicted octanol–water partition coefficient (Wildman–Crippen LogP) is -0.0601. The van der Waals surface area contributed by atoms with E-state index >= 15 is 0 Å². The first kappa shape index (κ1) is 14.8. The third-order valence-electron chi connectivity index (χ3n) is 5.17. The van der Waals surface area contributed by atoms with Crippen LogP contribution in [-0.2, 0) is 19.4 Å². The molecule has 0 aromatic rings. The Bertz CT molecular complexity index is 545. The highest BCUT2D eigenvalue weighted by Gasteiger charge is 2.47. The molecule has 1 atom stereocenters. The van der Waals surface area contributed by atoms with E-state index in [9.17, 15) is 18.0 Å². The van der Waals surface area contributed by atoms with Gasteiger partial charge in [-0.15, -0.1) is 0 Å². The fraction of sp³-hybridized carbons (Fsp3) is 0.857. The van der Waals surface area contributed by atoms with Gasteiger partial charge in [-0.05, 0) is 32.1 Å². The number of nitrogens with one attached hydrogen (secondary N) is 1. The molecule has 118 valence electrons. The lowest BCUT2D eigenvalue weighted by Gasteiger charge is -2.33. The van der Waals surface area contributed by atoms with Crippen LogP contribution in [0.25, 0.3) is 0 Å². The lowest BCUT2D eigenvalue weighted by atomic mass is 9.79. The third-order valence-corrected chi connectivity index (χ3v) is 6.88. The monoisotopic (exact) mass is 314 g/mol. The fourth-order valence-electron chi connectivity index (χ4n) is 3.77. The molecule has 21 heavy (non-hydrogen) atoms. The van der Waals surface area contributed by atoms with Crippen molar-refractivity contribution >= 4 is 21.7 Å². The Morgan fingerprint density at radius 2 is 1.95 bits per heavy atom. The molecule has 0 aromatic heterocycles. The Labute approximate surface area is 125 Å². The molecular weight excluding hydrogens is 292 g/mol. The average Bonchev–Trinajstić information content (AvgIpc) is 2.87. The molecule has 3 aliphatic heterocycles. The highest BCUT2D eigenvalue weighted by molar-refractivity contribution is 7.91. The van der Waals surface area contributed by atoms with Crippen LogP contribution < -0.4 is 5.32 Å². The van der Waals surface area contributed by atoms with Crippen molar-refractivity contribution in [1.29, 1.82) is 0 Å². The van der Waals surface area contributed by atoms with Crippen LogP contribution in [0.15, 0.2) is 0 Å². The van der Waals surface area contributed by atoms with Crippen molar-refractivity contribution in [2.75, 3.05) is 31.1 Å². The second-order valence-corrected chi connectivity index (χ2v) is 8.88. The van der Waals surface area contributed by atoms with Crippen molar-refractivity contribution in [3.63, 3.8) is 0 Å². The molecule has 2 amide bonds. The molecule has 0 radical (unpaired) electrons. The van der Waals surface area contributed by atoms with Crippen molar-refractivity contribution in [3.05, 3.63) is 0 Å². The Hall–Kier alpha value is -1.11. The average molecular weight is 314 g/mol. The molecule has 7 heteroatoms. The van der Waals surface area contributed by atoms with Gasteiger partial charge < -0.3 is 10.2 Å². The smallest absolute Gasteiger partial charge is 0.228 e. The number of hydrogen-bond acceptors (Lipinski definition) is 4. The van der Waals surface area contributed by atoms with Crippen LogP contribution in [0.2, 0.25) is 0 Å². The molecule has 3 rings (SSSR count). The van der Waals surface area contributed by atoms with Gasteiger partial charge in [-0.1, -0.05) is 0 Å². The molecule has 3 aliphatic rings. The molecule has 0 unspecified atom stereocenters. The van der Waals surface area contributed by atoms with Gasteiger partial charge >= 0.3 is 0 Å². The Morgan fingerprint density at radius 3 is 2.62 bits per heavy atom. The van der Waals surface area contributed by atoms with E-state index in [4.69, 9.17) is 0 Å². The molecule has 3 saturated heterocycles. The van der Waals surface area contributed by atoms with Crippen LogP contribution in [0.4, 0.5) is 0 Å². The summed E-state index contributed by atoms with van der Waals surface area (Å²) >= 11 is 0. The summed E-state index contributed by atoms with van der Waals surface area (Å²) in [5.74, 6) is 0.164. The molecule has 0 bridgehead atoms. The summed E-state index contributed by atoms with van der Waals surface area (Å²) in [7, 11) is -2.94. The topological polar surface area (TPSA) is 83.6 Å². The van der Waals surface area contributed by atoms with Crippen molar-refractivity contribution in [2.24, 2.45) is 11.3 Å². The molecule has 3 heterocycles. The van der Waals surface area contributed by atoms with Gasteiger partial charge in [0.2, 0.25) is 11.8 Å². The first-order valence-electron chi connectivity index (χ1n) is 7.69. The molecule has 3 fully saturated rings. The van der Waals surface area contributed by atoms with Gasteiger partial charge in [-0.25, -0.2) is 8.42 Å². The van der Waals surface area contributed by atoms with E-state index in [1.54, 1.807) is 4.90 Å². The number of rotatable bonds is 1. The van der Waals surface area contributed by atoms with Gasteiger partial charge in [0.15, 0.2) is 0 Å². The van der Waals surface area contributed by atoms with Gasteiger partial charge in [0.1, 0.15) is 9.84 Å². The molecule has 0 aliphatic carbocycles. The van der Waals surface area contributed by atoms with Crippen molar-refractivity contribution in [2.45, 2.75) is 32.1 Å². The molecule has 0 saturated carbocycles. The maximum absolute atomic E-state index is 12.5. The highest BCUT2D eigenvalue weighted by atomic mass is 32.2. The van der Waals surface area contributed by atoms with E-state index in [0.29, 0.717) is 25.9 Å². The maximum atomic E-state index is 12.5. The largest absolute Gasteiger partial charge is 0.356 e. The Balaban J connectivity index is 1.63. The number of nitrogens with zero attached hydrogens (tertiary/aromatic N) is 1. The summed E-state index contributed by atoms with van der Waals surface area (Å²) in [4.78, 5) is 26.4. The minimum atomic E-state index is -2.94. The molecule has 1 N–H and O–H groups in total. The zero-order valence-corrected chi connectivity index (χ0v) is 13.0. The first-order chi connectivity index (χ1) is 9.92. The fourth-order valence-corrected chi connectivity index (χ4v) is 5.27.